The summed E-state index contributed by atoms with van der Waals surface area (Å²) >= 11 is 0. The summed E-state index contributed by atoms with van der Waals surface area (Å²) in [5, 5.41) is 0. The Labute approximate surface area is 146 Å². The molecular weight excluding hydrogens is 302 g/mol. The van der Waals surface area contributed by atoms with Gasteiger partial charge in [0.05, 0.1) is 11.8 Å². The summed E-state index contributed by atoms with van der Waals surface area (Å²) in [7, 11) is 3.86. The number of likely N-dealkylation sites (tertiary alicyclic amines) is 1. The Hall–Kier alpha value is -1.46. The fourth-order valence-corrected chi connectivity index (χ4v) is 3.25. The number of amides is 1. The van der Waals surface area contributed by atoms with E-state index < -0.39 is 0 Å². The van der Waals surface area contributed by atoms with Gasteiger partial charge in [-0.15, -0.1) is 0 Å². The van der Waals surface area contributed by atoms with Gasteiger partial charge in [-0.1, -0.05) is 6.07 Å². The average molecular weight is 333 g/mol. The molecule has 0 aromatic carbocycles. The number of hydrogen-bond donors (Lipinski definition) is 0. The topological polar surface area (TPSA) is 45.7 Å². The van der Waals surface area contributed by atoms with Gasteiger partial charge in [-0.3, -0.25) is 14.7 Å². The highest BCUT2D eigenvalue weighted by atomic mass is 16.5. The monoisotopic (exact) mass is 333 g/mol. The minimum atomic E-state index is 0.151. The van der Waals surface area contributed by atoms with Gasteiger partial charge in [-0.2, -0.15) is 0 Å². The summed E-state index contributed by atoms with van der Waals surface area (Å²) in [5.41, 5.74) is 1.10. The van der Waals surface area contributed by atoms with E-state index in [0.717, 1.165) is 51.0 Å². The van der Waals surface area contributed by atoms with Crippen molar-refractivity contribution < 1.29 is 9.53 Å². The molecule has 1 aromatic heterocycles. The summed E-state index contributed by atoms with van der Waals surface area (Å²) < 4.78 is 5.23. The van der Waals surface area contributed by atoms with Crippen LogP contribution in [0.2, 0.25) is 0 Å². The van der Waals surface area contributed by atoms with E-state index in [9.17, 15) is 4.79 Å². The molecule has 0 N–H and O–H groups in total. The zero-order valence-corrected chi connectivity index (χ0v) is 15.3. The first-order valence-corrected chi connectivity index (χ1v) is 9.01. The van der Waals surface area contributed by atoms with Gasteiger partial charge in [0.2, 0.25) is 5.91 Å². The first kappa shape index (κ1) is 18.9. The van der Waals surface area contributed by atoms with Gasteiger partial charge in [0, 0.05) is 45.4 Å². The number of methoxy groups -OCH3 is 1. The predicted octanol–water partition coefficient (Wildman–Crippen LogP) is 2.71. The van der Waals surface area contributed by atoms with Crippen molar-refractivity contribution in [2.24, 2.45) is 0 Å². The molecule has 0 unspecified atom stereocenters. The van der Waals surface area contributed by atoms with Crippen molar-refractivity contribution in [3.8, 4) is 0 Å². The molecule has 1 aliphatic heterocycles. The van der Waals surface area contributed by atoms with Crippen LogP contribution in [0.1, 0.15) is 44.7 Å². The number of ether oxygens (including phenoxy) is 1. The summed E-state index contributed by atoms with van der Waals surface area (Å²) in [6.07, 6.45) is 6.63. The van der Waals surface area contributed by atoms with Crippen LogP contribution in [0.5, 0.6) is 0 Å². The standard InChI is InChI=1S/C19H31N3O2/c1-16(24-3)9-10-19(23)22-13-6-8-18(11-14-22)21(2)15-17-7-4-5-12-20-17/h4-5,7,12,16,18H,6,8-11,13-15H2,1-3H3/t16-,18+/m0/s1. The molecule has 1 aliphatic rings. The zero-order chi connectivity index (χ0) is 17.4. The molecule has 1 amide bonds. The van der Waals surface area contributed by atoms with Crippen molar-refractivity contribution in [2.75, 3.05) is 27.2 Å². The predicted molar refractivity (Wildman–Crippen MR) is 95.6 cm³/mol. The molecule has 0 bridgehead atoms. The van der Waals surface area contributed by atoms with E-state index in [1.165, 1.54) is 0 Å². The minimum Gasteiger partial charge on any atom is -0.382 e. The highest BCUT2D eigenvalue weighted by molar-refractivity contribution is 5.76. The van der Waals surface area contributed by atoms with Crippen molar-refractivity contribution in [1.82, 2.24) is 14.8 Å². The first-order chi connectivity index (χ1) is 11.6. The molecule has 0 spiro atoms. The van der Waals surface area contributed by atoms with Crippen LogP contribution in [-0.4, -0.2) is 60.1 Å². The van der Waals surface area contributed by atoms with Crippen molar-refractivity contribution in [2.45, 2.75) is 57.7 Å². The Balaban J connectivity index is 1.80. The largest absolute Gasteiger partial charge is 0.382 e. The van der Waals surface area contributed by atoms with E-state index in [0.29, 0.717) is 12.5 Å². The van der Waals surface area contributed by atoms with E-state index in [4.69, 9.17) is 4.74 Å². The van der Waals surface area contributed by atoms with Crippen molar-refractivity contribution in [1.29, 1.82) is 0 Å². The quantitative estimate of drug-likeness (QED) is 0.770. The third-order valence-corrected chi connectivity index (χ3v) is 4.98. The second kappa shape index (κ2) is 9.74. The van der Waals surface area contributed by atoms with Crippen LogP contribution in [-0.2, 0) is 16.1 Å². The fourth-order valence-electron chi connectivity index (χ4n) is 3.25. The molecule has 5 heteroatoms. The molecule has 134 valence electrons. The Morgan fingerprint density at radius 1 is 1.42 bits per heavy atom. The number of carbonyl (C=O) groups is 1. The molecule has 2 heterocycles. The molecular formula is C19H31N3O2. The summed E-state index contributed by atoms with van der Waals surface area (Å²) in [6, 6.07) is 6.57. The number of rotatable bonds is 7. The molecule has 2 atom stereocenters. The van der Waals surface area contributed by atoms with Gasteiger partial charge < -0.3 is 9.64 Å². The Morgan fingerprint density at radius 3 is 2.96 bits per heavy atom. The molecule has 0 aliphatic carbocycles. The van der Waals surface area contributed by atoms with Crippen LogP contribution < -0.4 is 0 Å². The number of pyridine rings is 1. The van der Waals surface area contributed by atoms with Crippen LogP contribution in [0.25, 0.3) is 0 Å². The van der Waals surface area contributed by atoms with E-state index >= 15 is 0 Å². The van der Waals surface area contributed by atoms with E-state index in [1.807, 2.05) is 30.2 Å². The summed E-state index contributed by atoms with van der Waals surface area (Å²) in [5.74, 6) is 0.270. The molecule has 0 radical (unpaired) electrons. The number of aromatic nitrogens is 1. The maximum Gasteiger partial charge on any atom is 0.222 e. The molecule has 1 aromatic rings. The van der Waals surface area contributed by atoms with Gasteiger partial charge in [0.25, 0.3) is 0 Å². The average Bonchev–Trinajstić information content (AvgIpc) is 2.86. The van der Waals surface area contributed by atoms with Crippen molar-refractivity contribution in [3.05, 3.63) is 30.1 Å². The first-order valence-electron chi connectivity index (χ1n) is 9.01. The number of hydrogen-bond acceptors (Lipinski definition) is 4. The maximum atomic E-state index is 12.4. The Bertz CT molecular complexity index is 495. The van der Waals surface area contributed by atoms with Gasteiger partial charge in [-0.25, -0.2) is 0 Å². The van der Waals surface area contributed by atoms with Gasteiger partial charge in [0.15, 0.2) is 0 Å². The van der Waals surface area contributed by atoms with Crippen LogP contribution in [0.15, 0.2) is 24.4 Å². The molecule has 1 saturated heterocycles. The minimum absolute atomic E-state index is 0.151. The van der Waals surface area contributed by atoms with Crippen molar-refractivity contribution in [3.63, 3.8) is 0 Å². The highest BCUT2D eigenvalue weighted by Gasteiger charge is 2.23. The molecule has 0 saturated carbocycles. The third kappa shape index (κ3) is 5.87. The smallest absolute Gasteiger partial charge is 0.222 e. The second-order valence-electron chi connectivity index (χ2n) is 6.79. The lowest BCUT2D eigenvalue weighted by Crippen LogP contribution is -2.35. The van der Waals surface area contributed by atoms with E-state index in [-0.39, 0.29) is 12.0 Å². The lowest BCUT2D eigenvalue weighted by atomic mass is 10.1. The summed E-state index contributed by atoms with van der Waals surface area (Å²) in [6.45, 7) is 4.62. The fraction of sp³-hybridized carbons (Fsp3) is 0.684. The Kier molecular flexibility index (Phi) is 7.66. The number of carbonyl (C=O) groups excluding carboxylic acids is 1. The van der Waals surface area contributed by atoms with Crippen LogP contribution in [0.4, 0.5) is 0 Å². The highest BCUT2D eigenvalue weighted by Crippen LogP contribution is 2.18. The van der Waals surface area contributed by atoms with E-state index in [2.05, 4.69) is 23.0 Å². The molecule has 2 rings (SSSR count). The molecule has 24 heavy (non-hydrogen) atoms. The Morgan fingerprint density at radius 2 is 2.25 bits per heavy atom. The van der Waals surface area contributed by atoms with Crippen LogP contribution in [0, 0.1) is 0 Å². The summed E-state index contributed by atoms with van der Waals surface area (Å²) in [4.78, 5) is 21.2. The van der Waals surface area contributed by atoms with Crippen LogP contribution in [0.3, 0.4) is 0 Å². The second-order valence-corrected chi connectivity index (χ2v) is 6.79. The SMILES string of the molecule is CO[C@@H](C)CCC(=O)N1CCC[C@@H](N(C)Cc2ccccn2)CC1. The molecule has 1 fully saturated rings. The third-order valence-electron chi connectivity index (χ3n) is 4.98. The van der Waals surface area contributed by atoms with Crippen molar-refractivity contribution >= 4 is 5.91 Å². The maximum absolute atomic E-state index is 12.4. The zero-order valence-electron chi connectivity index (χ0n) is 15.3. The van der Waals surface area contributed by atoms with Gasteiger partial charge in [-0.05, 0) is 51.8 Å². The normalized spacial score (nSPS) is 20.0. The lowest BCUT2D eigenvalue weighted by Gasteiger charge is -2.27. The van der Waals surface area contributed by atoms with E-state index in [1.54, 1.807) is 7.11 Å². The van der Waals surface area contributed by atoms with Crippen LogP contribution >= 0.6 is 0 Å². The number of nitrogens with zero attached hydrogens (tertiary/aromatic N) is 3. The lowest BCUT2D eigenvalue weighted by molar-refractivity contribution is -0.131. The van der Waals surface area contributed by atoms with Gasteiger partial charge in [0.1, 0.15) is 0 Å². The molecule has 5 nitrogen and oxygen atoms in total. The van der Waals surface area contributed by atoms with Gasteiger partial charge >= 0.3 is 0 Å².